The minimum absolute atomic E-state index is 0.528. The number of allylic oxidation sites excluding steroid dienone is 1. The van der Waals surface area contributed by atoms with Gasteiger partial charge < -0.3 is 0 Å². The standard InChI is InChI=1S/C21H21N7S/c1-2-3-8-20-22-19(14-29)25-28(20)13-15-9-11-16(12-10-15)17-6-4-5-7-18(17)21-23-26-27-24-21/h2,4-7,9-12,29H,1,3,8,13-14H2,(H,23,24,26,27). The second-order valence-corrected chi connectivity index (χ2v) is 6.88. The van der Waals surface area contributed by atoms with E-state index in [-0.39, 0.29) is 0 Å². The van der Waals surface area contributed by atoms with Crippen molar-refractivity contribution in [2.45, 2.75) is 25.1 Å². The van der Waals surface area contributed by atoms with Crippen LogP contribution >= 0.6 is 12.6 Å². The highest BCUT2D eigenvalue weighted by molar-refractivity contribution is 7.79. The van der Waals surface area contributed by atoms with Crippen LogP contribution in [-0.2, 0) is 18.7 Å². The number of H-pyrrole nitrogens is 1. The van der Waals surface area contributed by atoms with Crippen molar-refractivity contribution in [3.63, 3.8) is 0 Å². The molecule has 0 aliphatic carbocycles. The first kappa shape index (κ1) is 19.1. The van der Waals surface area contributed by atoms with Crippen LogP contribution in [0.3, 0.4) is 0 Å². The Labute approximate surface area is 174 Å². The molecule has 4 rings (SSSR count). The number of benzene rings is 2. The van der Waals surface area contributed by atoms with E-state index in [0.29, 0.717) is 18.1 Å². The molecule has 0 aliphatic heterocycles. The first-order valence-electron chi connectivity index (χ1n) is 9.35. The molecule has 0 bridgehead atoms. The molecule has 7 nitrogen and oxygen atoms in total. The Balaban J connectivity index is 1.59. The quantitative estimate of drug-likeness (QED) is 0.346. The van der Waals surface area contributed by atoms with Crippen LogP contribution in [0.5, 0.6) is 0 Å². The van der Waals surface area contributed by atoms with E-state index >= 15 is 0 Å². The second-order valence-electron chi connectivity index (χ2n) is 6.57. The fraction of sp³-hybridized carbons (Fsp3) is 0.190. The van der Waals surface area contributed by atoms with Gasteiger partial charge in [0.2, 0.25) is 5.82 Å². The molecule has 8 heteroatoms. The molecule has 0 saturated carbocycles. The fourth-order valence-corrected chi connectivity index (χ4v) is 3.34. The summed E-state index contributed by atoms with van der Waals surface area (Å²) in [6.07, 6.45) is 3.59. The number of aryl methyl sites for hydroxylation is 1. The number of rotatable bonds is 8. The Morgan fingerprint density at radius 2 is 1.86 bits per heavy atom. The van der Waals surface area contributed by atoms with Gasteiger partial charge in [-0.2, -0.15) is 22.9 Å². The molecule has 0 fully saturated rings. The van der Waals surface area contributed by atoms with E-state index < -0.39 is 0 Å². The maximum atomic E-state index is 4.57. The van der Waals surface area contributed by atoms with Crippen LogP contribution in [0.1, 0.15) is 23.6 Å². The molecular formula is C21H21N7S. The van der Waals surface area contributed by atoms with Crippen LogP contribution < -0.4 is 0 Å². The van der Waals surface area contributed by atoms with Crippen molar-refractivity contribution >= 4 is 12.6 Å². The van der Waals surface area contributed by atoms with Gasteiger partial charge in [0.25, 0.3) is 0 Å². The molecule has 2 heterocycles. The smallest absolute Gasteiger partial charge is 0.205 e. The molecule has 2 aromatic carbocycles. The molecule has 146 valence electrons. The Hall–Kier alpha value is -3.26. The second kappa shape index (κ2) is 8.83. The molecule has 0 saturated heterocycles. The van der Waals surface area contributed by atoms with Gasteiger partial charge in [-0.15, -0.1) is 16.8 Å². The summed E-state index contributed by atoms with van der Waals surface area (Å²) >= 11 is 4.30. The number of aromatic nitrogens is 7. The third-order valence-corrected chi connectivity index (χ3v) is 4.90. The summed E-state index contributed by atoms with van der Waals surface area (Å²) in [4.78, 5) is 4.57. The van der Waals surface area contributed by atoms with Crippen molar-refractivity contribution in [3.8, 4) is 22.5 Å². The summed E-state index contributed by atoms with van der Waals surface area (Å²) < 4.78 is 1.96. The van der Waals surface area contributed by atoms with E-state index in [4.69, 9.17) is 0 Å². The Kier molecular flexibility index (Phi) is 5.81. The van der Waals surface area contributed by atoms with Crippen molar-refractivity contribution in [2.75, 3.05) is 0 Å². The molecule has 2 aromatic heterocycles. The molecule has 0 amide bonds. The molecule has 1 N–H and O–H groups in total. The largest absolute Gasteiger partial charge is 0.245 e. The van der Waals surface area contributed by atoms with Gasteiger partial charge in [0.15, 0.2) is 5.82 Å². The number of hydrogen-bond donors (Lipinski definition) is 2. The predicted octanol–water partition coefficient (Wildman–Crippen LogP) is 3.72. The lowest BCUT2D eigenvalue weighted by molar-refractivity contribution is 0.632. The molecular weight excluding hydrogens is 382 g/mol. The molecule has 4 aromatic rings. The number of hydrogen-bond acceptors (Lipinski definition) is 6. The van der Waals surface area contributed by atoms with Crippen LogP contribution in [0, 0.1) is 0 Å². The number of aromatic amines is 1. The average molecular weight is 404 g/mol. The van der Waals surface area contributed by atoms with Crippen molar-refractivity contribution < 1.29 is 0 Å². The van der Waals surface area contributed by atoms with Crippen molar-refractivity contribution in [1.82, 2.24) is 35.4 Å². The van der Waals surface area contributed by atoms with E-state index in [1.54, 1.807) is 0 Å². The summed E-state index contributed by atoms with van der Waals surface area (Å²) in [5, 5.41) is 19.0. The van der Waals surface area contributed by atoms with Gasteiger partial charge in [-0.1, -0.05) is 54.6 Å². The molecule has 0 spiro atoms. The highest BCUT2D eigenvalue weighted by atomic mass is 32.1. The fourth-order valence-electron chi connectivity index (χ4n) is 3.20. The van der Waals surface area contributed by atoms with Gasteiger partial charge in [-0.3, -0.25) is 0 Å². The monoisotopic (exact) mass is 403 g/mol. The average Bonchev–Trinajstić information content (AvgIpc) is 3.43. The topological polar surface area (TPSA) is 85.2 Å². The van der Waals surface area contributed by atoms with Crippen LogP contribution in [0.2, 0.25) is 0 Å². The van der Waals surface area contributed by atoms with Gasteiger partial charge in [-0.25, -0.2) is 9.67 Å². The molecule has 0 aliphatic rings. The predicted molar refractivity (Wildman–Crippen MR) is 115 cm³/mol. The van der Waals surface area contributed by atoms with Crippen molar-refractivity contribution in [2.24, 2.45) is 0 Å². The summed E-state index contributed by atoms with van der Waals surface area (Å²) in [5.41, 5.74) is 4.25. The Bertz CT molecular complexity index is 1080. The van der Waals surface area contributed by atoms with Crippen LogP contribution in [0.4, 0.5) is 0 Å². The number of tetrazole rings is 1. The highest BCUT2D eigenvalue weighted by Gasteiger charge is 2.12. The molecule has 0 atom stereocenters. The minimum Gasteiger partial charge on any atom is -0.245 e. The SMILES string of the molecule is C=CCCc1nc(CS)nn1Cc1ccc(-c2ccccc2-c2nn[nH]n2)cc1. The normalized spacial score (nSPS) is 10.9. The third kappa shape index (κ3) is 4.27. The number of thiol groups is 1. The number of nitrogens with zero attached hydrogens (tertiary/aromatic N) is 6. The van der Waals surface area contributed by atoms with Gasteiger partial charge in [0.05, 0.1) is 12.3 Å². The van der Waals surface area contributed by atoms with Crippen molar-refractivity contribution in [3.05, 3.63) is 78.4 Å². The van der Waals surface area contributed by atoms with Crippen molar-refractivity contribution in [1.29, 1.82) is 0 Å². The molecule has 0 radical (unpaired) electrons. The summed E-state index contributed by atoms with van der Waals surface area (Å²) in [6, 6.07) is 16.5. The van der Waals surface area contributed by atoms with Gasteiger partial charge in [0, 0.05) is 12.0 Å². The van der Waals surface area contributed by atoms with Crippen LogP contribution in [0.15, 0.2) is 61.2 Å². The zero-order valence-electron chi connectivity index (χ0n) is 15.9. The summed E-state index contributed by atoms with van der Waals surface area (Å²) in [6.45, 7) is 4.46. The lowest BCUT2D eigenvalue weighted by Crippen LogP contribution is -2.07. The third-order valence-electron chi connectivity index (χ3n) is 4.62. The summed E-state index contributed by atoms with van der Waals surface area (Å²) in [5.74, 6) is 2.82. The maximum Gasteiger partial charge on any atom is 0.205 e. The van der Waals surface area contributed by atoms with E-state index in [0.717, 1.165) is 46.7 Å². The first-order valence-corrected chi connectivity index (χ1v) is 9.98. The highest BCUT2D eigenvalue weighted by Crippen LogP contribution is 2.29. The zero-order valence-corrected chi connectivity index (χ0v) is 16.8. The Morgan fingerprint density at radius 1 is 1.07 bits per heavy atom. The van der Waals surface area contributed by atoms with Crippen LogP contribution in [-0.4, -0.2) is 35.4 Å². The van der Waals surface area contributed by atoms with E-state index in [2.05, 4.69) is 80.2 Å². The first-order chi connectivity index (χ1) is 14.3. The minimum atomic E-state index is 0.528. The van der Waals surface area contributed by atoms with Gasteiger partial charge >= 0.3 is 0 Å². The Morgan fingerprint density at radius 3 is 2.55 bits per heavy atom. The maximum absolute atomic E-state index is 4.57. The van der Waals surface area contributed by atoms with Crippen LogP contribution in [0.25, 0.3) is 22.5 Å². The van der Waals surface area contributed by atoms with E-state index in [9.17, 15) is 0 Å². The lowest BCUT2D eigenvalue weighted by Gasteiger charge is -2.09. The van der Waals surface area contributed by atoms with Gasteiger partial charge in [-0.05, 0) is 28.3 Å². The number of nitrogens with one attached hydrogen (secondary N) is 1. The van der Waals surface area contributed by atoms with E-state index in [1.165, 1.54) is 0 Å². The van der Waals surface area contributed by atoms with Gasteiger partial charge in [0.1, 0.15) is 5.82 Å². The molecule has 29 heavy (non-hydrogen) atoms. The molecule has 0 unspecified atom stereocenters. The zero-order chi connectivity index (χ0) is 20.1. The lowest BCUT2D eigenvalue weighted by atomic mass is 9.98. The summed E-state index contributed by atoms with van der Waals surface area (Å²) in [7, 11) is 0. The van der Waals surface area contributed by atoms with E-state index in [1.807, 2.05) is 29.0 Å².